The van der Waals surface area contributed by atoms with Gasteiger partial charge in [0, 0.05) is 11.6 Å². The molecule has 2 aromatic rings. The molecule has 1 aromatic heterocycles. The maximum Gasteiger partial charge on any atom is 0.292 e. The lowest BCUT2D eigenvalue weighted by Crippen LogP contribution is -2.26. The lowest BCUT2D eigenvalue weighted by Gasteiger charge is -1.99. The van der Waals surface area contributed by atoms with Crippen LogP contribution in [-0.4, -0.2) is 22.1 Å². The Balaban J connectivity index is 1.83. The molecule has 0 aliphatic heterocycles. The summed E-state index contributed by atoms with van der Waals surface area (Å²) in [7, 11) is 0. The average molecular weight is 279 g/mol. The van der Waals surface area contributed by atoms with E-state index in [2.05, 4.69) is 15.5 Å². The van der Waals surface area contributed by atoms with Crippen molar-refractivity contribution in [2.24, 2.45) is 0 Å². The molecule has 1 saturated carbocycles. The Labute approximate surface area is 113 Å². The zero-order valence-electron chi connectivity index (χ0n) is 9.89. The van der Waals surface area contributed by atoms with Crippen molar-refractivity contribution in [2.75, 3.05) is 5.73 Å². The number of halogens is 1. The van der Waals surface area contributed by atoms with E-state index in [0.717, 1.165) is 12.8 Å². The number of hydrogen-bond acceptors (Lipinski definition) is 5. The van der Waals surface area contributed by atoms with Gasteiger partial charge in [-0.2, -0.15) is 4.98 Å². The van der Waals surface area contributed by atoms with E-state index in [1.165, 1.54) is 0 Å². The van der Waals surface area contributed by atoms with E-state index >= 15 is 0 Å². The van der Waals surface area contributed by atoms with Crippen LogP contribution in [0.2, 0.25) is 5.02 Å². The van der Waals surface area contributed by atoms with Gasteiger partial charge in [0.05, 0.1) is 10.7 Å². The quantitative estimate of drug-likeness (QED) is 0.836. The van der Waals surface area contributed by atoms with E-state index in [1.807, 2.05) is 0 Å². The Hall–Kier alpha value is -2.08. The third-order valence-electron chi connectivity index (χ3n) is 2.78. The molecule has 1 fully saturated rings. The Kier molecular flexibility index (Phi) is 2.87. The number of amides is 1. The number of carbonyl (C=O) groups is 1. The number of aromatic nitrogens is 2. The molecule has 0 atom stereocenters. The first-order valence-electron chi connectivity index (χ1n) is 5.83. The predicted molar refractivity (Wildman–Crippen MR) is 69.6 cm³/mol. The van der Waals surface area contributed by atoms with Crippen LogP contribution in [0.15, 0.2) is 22.7 Å². The van der Waals surface area contributed by atoms with Gasteiger partial charge in [-0.3, -0.25) is 4.79 Å². The van der Waals surface area contributed by atoms with Gasteiger partial charge in [-0.15, -0.1) is 0 Å². The van der Waals surface area contributed by atoms with Crippen molar-refractivity contribution in [3.05, 3.63) is 29.0 Å². The van der Waals surface area contributed by atoms with E-state index < -0.39 is 0 Å². The van der Waals surface area contributed by atoms with Crippen LogP contribution in [0.25, 0.3) is 11.5 Å². The molecule has 19 heavy (non-hydrogen) atoms. The smallest absolute Gasteiger partial charge is 0.292 e. The van der Waals surface area contributed by atoms with Crippen LogP contribution >= 0.6 is 11.6 Å². The topological polar surface area (TPSA) is 94.0 Å². The third kappa shape index (κ3) is 2.53. The summed E-state index contributed by atoms with van der Waals surface area (Å²) in [6, 6.07) is 5.22. The molecule has 98 valence electrons. The minimum Gasteiger partial charge on any atom is -0.398 e. The third-order valence-corrected chi connectivity index (χ3v) is 3.13. The zero-order valence-corrected chi connectivity index (χ0v) is 10.6. The van der Waals surface area contributed by atoms with E-state index in [4.69, 9.17) is 21.9 Å². The number of hydrogen-bond donors (Lipinski definition) is 2. The fourth-order valence-electron chi connectivity index (χ4n) is 1.59. The maximum absolute atomic E-state index is 11.7. The van der Waals surface area contributed by atoms with Gasteiger partial charge < -0.3 is 15.6 Å². The molecule has 0 spiro atoms. The second-order valence-corrected chi connectivity index (χ2v) is 4.81. The lowest BCUT2D eigenvalue weighted by atomic mass is 10.2. The van der Waals surface area contributed by atoms with E-state index in [1.54, 1.807) is 18.2 Å². The van der Waals surface area contributed by atoms with Crippen molar-refractivity contribution in [3.8, 4) is 11.5 Å². The number of nitrogens with zero attached hydrogens (tertiary/aromatic N) is 2. The number of benzene rings is 1. The summed E-state index contributed by atoms with van der Waals surface area (Å²) in [4.78, 5) is 15.8. The summed E-state index contributed by atoms with van der Waals surface area (Å²) in [5.41, 5.74) is 6.74. The molecule has 0 radical (unpaired) electrons. The summed E-state index contributed by atoms with van der Waals surface area (Å²) in [5, 5.41) is 6.89. The van der Waals surface area contributed by atoms with Crippen molar-refractivity contribution in [1.82, 2.24) is 15.5 Å². The van der Waals surface area contributed by atoms with Gasteiger partial charge in [0.25, 0.3) is 17.6 Å². The van der Waals surface area contributed by atoms with Gasteiger partial charge in [0.2, 0.25) is 0 Å². The summed E-state index contributed by atoms with van der Waals surface area (Å²) in [5.74, 6) is -0.0563. The maximum atomic E-state index is 11.7. The highest BCUT2D eigenvalue weighted by Gasteiger charge is 2.26. The summed E-state index contributed by atoms with van der Waals surface area (Å²) in [6.45, 7) is 0. The summed E-state index contributed by atoms with van der Waals surface area (Å²) < 4.78 is 5.05. The molecular formula is C12H11ClN4O2. The van der Waals surface area contributed by atoms with Crippen molar-refractivity contribution in [3.63, 3.8) is 0 Å². The molecule has 0 bridgehead atoms. The standard InChI is InChI=1S/C12H11ClN4O2/c13-8-4-1-6(5-9(8)14)12-16-10(17-19-12)11(18)15-7-2-3-7/h1,4-5,7H,2-3,14H2,(H,15,18). The predicted octanol–water partition coefficient (Wildman–Crippen LogP) is 1.86. The average Bonchev–Trinajstić information content (AvgIpc) is 3.06. The normalized spacial score (nSPS) is 14.4. The first kappa shape index (κ1) is 12.0. The van der Waals surface area contributed by atoms with Crippen LogP contribution in [0.4, 0.5) is 5.69 Å². The monoisotopic (exact) mass is 278 g/mol. The SMILES string of the molecule is Nc1cc(-c2nc(C(=O)NC3CC3)no2)ccc1Cl. The number of nitrogens with two attached hydrogens (primary N) is 1. The fraction of sp³-hybridized carbons (Fsp3) is 0.250. The van der Waals surface area contributed by atoms with Crippen LogP contribution in [-0.2, 0) is 0 Å². The minimum absolute atomic E-state index is 0.0235. The second kappa shape index (κ2) is 4.55. The highest BCUT2D eigenvalue weighted by molar-refractivity contribution is 6.33. The van der Waals surface area contributed by atoms with E-state index in [-0.39, 0.29) is 23.7 Å². The highest BCUT2D eigenvalue weighted by atomic mass is 35.5. The van der Waals surface area contributed by atoms with Crippen LogP contribution < -0.4 is 11.1 Å². The van der Waals surface area contributed by atoms with Gasteiger partial charge in [-0.25, -0.2) is 0 Å². The van der Waals surface area contributed by atoms with Crippen LogP contribution in [0, 0.1) is 0 Å². The molecule has 6 nitrogen and oxygen atoms in total. The Morgan fingerprint density at radius 2 is 2.26 bits per heavy atom. The van der Waals surface area contributed by atoms with Crippen molar-refractivity contribution in [1.29, 1.82) is 0 Å². The number of nitrogen functional groups attached to an aromatic ring is 1. The molecule has 1 heterocycles. The molecule has 7 heteroatoms. The van der Waals surface area contributed by atoms with Crippen molar-refractivity contribution in [2.45, 2.75) is 18.9 Å². The van der Waals surface area contributed by atoms with Crippen molar-refractivity contribution < 1.29 is 9.32 Å². The molecule has 1 aliphatic carbocycles. The van der Waals surface area contributed by atoms with Crippen LogP contribution in [0.1, 0.15) is 23.5 Å². The molecule has 1 amide bonds. The van der Waals surface area contributed by atoms with Gasteiger partial charge in [-0.1, -0.05) is 16.8 Å². The van der Waals surface area contributed by atoms with E-state index in [0.29, 0.717) is 16.3 Å². The van der Waals surface area contributed by atoms with Gasteiger partial charge in [0.15, 0.2) is 0 Å². The highest BCUT2D eigenvalue weighted by Crippen LogP contribution is 2.25. The molecule has 1 aromatic carbocycles. The van der Waals surface area contributed by atoms with Gasteiger partial charge in [-0.05, 0) is 31.0 Å². The van der Waals surface area contributed by atoms with Crippen LogP contribution in [0.3, 0.4) is 0 Å². The Bertz CT molecular complexity index is 636. The second-order valence-electron chi connectivity index (χ2n) is 4.41. The van der Waals surface area contributed by atoms with Crippen molar-refractivity contribution >= 4 is 23.2 Å². The Morgan fingerprint density at radius 3 is 2.95 bits per heavy atom. The largest absolute Gasteiger partial charge is 0.398 e. The summed E-state index contributed by atoms with van der Waals surface area (Å²) in [6.07, 6.45) is 2.01. The Morgan fingerprint density at radius 1 is 1.47 bits per heavy atom. The van der Waals surface area contributed by atoms with Crippen LogP contribution in [0.5, 0.6) is 0 Å². The number of rotatable bonds is 3. The minimum atomic E-state index is -0.320. The molecule has 0 saturated heterocycles. The summed E-state index contributed by atoms with van der Waals surface area (Å²) >= 11 is 5.83. The zero-order chi connectivity index (χ0) is 13.4. The molecule has 1 aliphatic rings. The molecular weight excluding hydrogens is 268 g/mol. The molecule has 0 unspecified atom stereocenters. The van der Waals surface area contributed by atoms with E-state index in [9.17, 15) is 4.79 Å². The first-order chi connectivity index (χ1) is 9.13. The van der Waals surface area contributed by atoms with Gasteiger partial charge >= 0.3 is 0 Å². The molecule has 3 N–H and O–H groups in total. The fourth-order valence-corrected chi connectivity index (χ4v) is 1.70. The first-order valence-corrected chi connectivity index (χ1v) is 6.21. The lowest BCUT2D eigenvalue weighted by molar-refractivity contribution is 0.0937. The van der Waals surface area contributed by atoms with Gasteiger partial charge in [0.1, 0.15) is 0 Å². The number of carbonyl (C=O) groups excluding carboxylic acids is 1. The number of nitrogens with one attached hydrogen (secondary N) is 1. The number of anilines is 1. The molecule has 3 rings (SSSR count).